The van der Waals surface area contributed by atoms with Crippen LogP contribution in [0, 0.1) is 0 Å². The number of nitrogens with one attached hydrogen (secondary N) is 1. The van der Waals surface area contributed by atoms with Crippen LogP contribution >= 0.6 is 0 Å². The van der Waals surface area contributed by atoms with Crippen LogP contribution in [-0.4, -0.2) is 52.5 Å². The first-order valence-electron chi connectivity index (χ1n) is 5.55. The molecule has 0 amide bonds. The van der Waals surface area contributed by atoms with E-state index in [1.54, 1.807) is 6.26 Å². The molecule has 0 saturated heterocycles. The third kappa shape index (κ3) is 3.95. The molecule has 0 aromatic carbocycles. The van der Waals surface area contributed by atoms with Crippen molar-refractivity contribution in [2.45, 2.75) is 6.42 Å². The van der Waals surface area contributed by atoms with Crippen molar-refractivity contribution in [2.75, 3.05) is 29.6 Å². The van der Waals surface area contributed by atoms with Gasteiger partial charge in [0, 0.05) is 29.4 Å². The Labute approximate surface area is 112 Å². The van der Waals surface area contributed by atoms with Crippen molar-refractivity contribution in [1.29, 1.82) is 0 Å². The van der Waals surface area contributed by atoms with Crippen LogP contribution in [0.3, 0.4) is 0 Å². The monoisotopic (exact) mass is 282 g/mol. The maximum Gasteiger partial charge on any atom is 0.258 e. The molecule has 0 radical (unpaired) electrons. The minimum atomic E-state index is -0.797. The highest BCUT2D eigenvalue weighted by Crippen LogP contribution is 2.05. The Morgan fingerprint density at radius 2 is 2.26 bits per heavy atom. The summed E-state index contributed by atoms with van der Waals surface area (Å²) in [6, 6.07) is 0. The fourth-order valence-corrected chi connectivity index (χ4v) is 1.90. The molecule has 0 fully saturated rings. The van der Waals surface area contributed by atoms with E-state index >= 15 is 0 Å². The van der Waals surface area contributed by atoms with Crippen molar-refractivity contribution in [2.24, 2.45) is 0 Å². The molecule has 2 aromatic heterocycles. The highest BCUT2D eigenvalue weighted by Gasteiger charge is 2.06. The normalized spacial score (nSPS) is 12.3. The maximum atomic E-state index is 10.9. The van der Waals surface area contributed by atoms with Gasteiger partial charge in [0.25, 0.3) is 5.95 Å². The lowest BCUT2D eigenvalue weighted by atomic mass is 10.5. The molecule has 102 valence electrons. The van der Waals surface area contributed by atoms with E-state index in [9.17, 15) is 4.21 Å². The van der Waals surface area contributed by atoms with Crippen LogP contribution < -0.4 is 11.1 Å². The van der Waals surface area contributed by atoms with Gasteiger partial charge in [0.05, 0.1) is 0 Å². The van der Waals surface area contributed by atoms with Crippen LogP contribution in [0.1, 0.15) is 6.42 Å². The van der Waals surface area contributed by atoms with Crippen LogP contribution in [0.5, 0.6) is 0 Å². The summed E-state index contributed by atoms with van der Waals surface area (Å²) in [6.45, 7) is 0.611. The van der Waals surface area contributed by atoms with Gasteiger partial charge in [-0.2, -0.15) is 24.7 Å². The van der Waals surface area contributed by atoms with Crippen LogP contribution in [0.15, 0.2) is 12.7 Å². The lowest BCUT2D eigenvalue weighted by Crippen LogP contribution is -2.13. The Morgan fingerprint density at radius 1 is 1.42 bits per heavy atom. The second-order valence-corrected chi connectivity index (χ2v) is 5.27. The Morgan fingerprint density at radius 3 is 2.95 bits per heavy atom. The van der Waals surface area contributed by atoms with E-state index in [-0.39, 0.29) is 5.95 Å². The van der Waals surface area contributed by atoms with E-state index in [1.807, 2.05) is 0 Å². The Kier molecular flexibility index (Phi) is 4.34. The average molecular weight is 282 g/mol. The number of nitrogens with zero attached hydrogens (tertiary/aromatic N) is 6. The van der Waals surface area contributed by atoms with Crippen LogP contribution in [0.2, 0.25) is 0 Å². The van der Waals surface area contributed by atoms with Crippen molar-refractivity contribution in [3.63, 3.8) is 0 Å². The predicted octanol–water partition coefficient (Wildman–Crippen LogP) is -0.785. The second-order valence-electron chi connectivity index (χ2n) is 3.71. The molecule has 2 rings (SSSR count). The zero-order valence-electron chi connectivity index (χ0n) is 10.4. The lowest BCUT2D eigenvalue weighted by molar-refractivity contribution is 0.685. The van der Waals surface area contributed by atoms with Gasteiger partial charge in [-0.3, -0.25) is 4.21 Å². The molecule has 0 aliphatic carbocycles. The molecule has 2 aromatic rings. The fourth-order valence-electron chi connectivity index (χ4n) is 1.35. The van der Waals surface area contributed by atoms with Gasteiger partial charge in [-0.1, -0.05) is 0 Å². The largest absolute Gasteiger partial charge is 0.368 e. The van der Waals surface area contributed by atoms with Gasteiger partial charge in [-0.05, 0) is 6.42 Å². The molecule has 3 N–H and O–H groups in total. The summed E-state index contributed by atoms with van der Waals surface area (Å²) >= 11 is 0. The van der Waals surface area contributed by atoms with Gasteiger partial charge in [-0.15, -0.1) is 0 Å². The summed E-state index contributed by atoms with van der Waals surface area (Å²) in [5, 5.41) is 6.92. The Hall–Kier alpha value is -2.10. The molecule has 9 nitrogen and oxygen atoms in total. The Balaban J connectivity index is 2.03. The molecule has 10 heteroatoms. The summed E-state index contributed by atoms with van der Waals surface area (Å²) in [4.78, 5) is 15.9. The molecule has 0 bridgehead atoms. The molecular formula is C9H14N8OS. The van der Waals surface area contributed by atoms with Gasteiger partial charge in [0.2, 0.25) is 11.9 Å². The molecular weight excluding hydrogens is 268 g/mol. The SMILES string of the molecule is CS(=O)CCCNc1nc(N)nc(-n2cncn2)n1. The van der Waals surface area contributed by atoms with Crippen LogP contribution in [0.25, 0.3) is 5.95 Å². The summed E-state index contributed by atoms with van der Waals surface area (Å²) in [5.41, 5.74) is 5.61. The number of hydrogen-bond donors (Lipinski definition) is 2. The minimum Gasteiger partial charge on any atom is -0.368 e. The standard InChI is InChI=1S/C9H14N8OS/c1-19(18)4-2-3-12-8-14-7(10)15-9(16-8)17-6-11-5-13-17/h5-6H,2-4H2,1H3,(H3,10,12,14,15,16). The number of hydrogen-bond acceptors (Lipinski definition) is 8. The van der Waals surface area contributed by atoms with Gasteiger partial charge in [-0.25, -0.2) is 4.98 Å². The molecule has 0 saturated carbocycles. The van der Waals surface area contributed by atoms with Gasteiger partial charge < -0.3 is 11.1 Å². The first-order chi connectivity index (χ1) is 9.15. The van der Waals surface area contributed by atoms with Gasteiger partial charge in [0.1, 0.15) is 12.7 Å². The topological polar surface area (TPSA) is 125 Å². The van der Waals surface area contributed by atoms with E-state index in [2.05, 4.69) is 30.4 Å². The summed E-state index contributed by atoms with van der Waals surface area (Å²) < 4.78 is 12.3. The highest BCUT2D eigenvalue weighted by atomic mass is 32.2. The summed E-state index contributed by atoms with van der Waals surface area (Å²) in [7, 11) is -0.797. The predicted molar refractivity (Wildman–Crippen MR) is 71.2 cm³/mol. The van der Waals surface area contributed by atoms with E-state index in [1.165, 1.54) is 17.3 Å². The van der Waals surface area contributed by atoms with Crippen molar-refractivity contribution < 1.29 is 4.21 Å². The van der Waals surface area contributed by atoms with Crippen LogP contribution in [0.4, 0.5) is 11.9 Å². The van der Waals surface area contributed by atoms with Crippen molar-refractivity contribution in [1.82, 2.24) is 29.7 Å². The number of rotatable bonds is 6. The third-order valence-electron chi connectivity index (χ3n) is 2.16. The maximum absolute atomic E-state index is 10.9. The number of aromatic nitrogens is 6. The number of nitrogen functional groups attached to an aromatic ring is 1. The molecule has 0 aliphatic heterocycles. The van der Waals surface area contributed by atoms with Crippen molar-refractivity contribution in [3.8, 4) is 5.95 Å². The quantitative estimate of drug-likeness (QED) is 0.661. The van der Waals surface area contributed by atoms with Gasteiger partial charge in [0.15, 0.2) is 0 Å². The van der Waals surface area contributed by atoms with E-state index in [4.69, 9.17) is 5.73 Å². The van der Waals surface area contributed by atoms with E-state index in [0.717, 1.165) is 6.42 Å². The zero-order chi connectivity index (χ0) is 13.7. The molecule has 1 unspecified atom stereocenters. The number of anilines is 2. The van der Waals surface area contributed by atoms with E-state index < -0.39 is 10.8 Å². The van der Waals surface area contributed by atoms with Crippen molar-refractivity contribution in [3.05, 3.63) is 12.7 Å². The highest BCUT2D eigenvalue weighted by molar-refractivity contribution is 7.84. The third-order valence-corrected chi connectivity index (χ3v) is 3.02. The van der Waals surface area contributed by atoms with Crippen LogP contribution in [-0.2, 0) is 10.8 Å². The summed E-state index contributed by atoms with van der Waals surface area (Å²) in [5.74, 6) is 1.39. The molecule has 1 atom stereocenters. The molecule has 0 spiro atoms. The fraction of sp³-hybridized carbons (Fsp3) is 0.444. The molecule has 2 heterocycles. The number of nitrogens with two attached hydrogens (primary N) is 1. The van der Waals surface area contributed by atoms with E-state index in [0.29, 0.717) is 24.2 Å². The average Bonchev–Trinajstić information content (AvgIpc) is 2.87. The molecule has 19 heavy (non-hydrogen) atoms. The first kappa shape index (κ1) is 13.3. The second kappa shape index (κ2) is 6.18. The minimum absolute atomic E-state index is 0.0991. The van der Waals surface area contributed by atoms with Crippen molar-refractivity contribution >= 4 is 22.7 Å². The Bertz CT molecular complexity index is 557. The smallest absolute Gasteiger partial charge is 0.258 e. The van der Waals surface area contributed by atoms with Gasteiger partial charge >= 0.3 is 0 Å². The lowest BCUT2D eigenvalue weighted by Gasteiger charge is -2.06. The summed E-state index contributed by atoms with van der Waals surface area (Å²) in [6.07, 6.45) is 5.28. The molecule has 0 aliphatic rings. The zero-order valence-corrected chi connectivity index (χ0v) is 11.2. The first-order valence-corrected chi connectivity index (χ1v) is 7.28.